The topological polar surface area (TPSA) is 118 Å². The molecule has 2 aliphatic carbocycles. The van der Waals surface area contributed by atoms with E-state index in [-0.39, 0.29) is 11.7 Å². The molecule has 0 spiro atoms. The fraction of sp³-hybridized carbons (Fsp3) is 0.565. The second-order valence-electron chi connectivity index (χ2n) is 8.86. The smallest absolute Gasteiger partial charge is 0.341 e. The molecule has 1 saturated carbocycles. The standard InChI is InChI=1S/C23H26O9/c1-10-8-7-9-23(21(27)28-6)15(10)16-14(11(2)19(25)30-16)17(18(23)29-13(4)24)31-20(26)22(5)12(3)32-22/h7-9,12,14-18H,2H2,1,3-6H3/t12-,14-,15+,16-,17-,18+,22-,23+/m0/s1. The number of ether oxygens (including phenoxy) is 5. The number of hydrogen-bond acceptors (Lipinski definition) is 9. The maximum atomic E-state index is 13.3. The molecule has 0 aromatic carbocycles. The summed E-state index contributed by atoms with van der Waals surface area (Å²) >= 11 is 0. The van der Waals surface area contributed by atoms with Crippen LogP contribution >= 0.6 is 0 Å². The predicted octanol–water partition coefficient (Wildman–Crippen LogP) is 1.41. The largest absolute Gasteiger partial charge is 0.468 e. The summed E-state index contributed by atoms with van der Waals surface area (Å²) in [5.74, 6) is -4.27. The zero-order chi connectivity index (χ0) is 23.6. The highest BCUT2D eigenvalue weighted by Crippen LogP contribution is 2.57. The molecular formula is C23H26O9. The fourth-order valence-corrected chi connectivity index (χ4v) is 5.23. The third-order valence-electron chi connectivity index (χ3n) is 7.07. The zero-order valence-electron chi connectivity index (χ0n) is 18.6. The summed E-state index contributed by atoms with van der Waals surface area (Å²) < 4.78 is 27.6. The minimum Gasteiger partial charge on any atom is -0.468 e. The molecule has 3 fully saturated rings. The van der Waals surface area contributed by atoms with Crippen LogP contribution in [0.2, 0.25) is 0 Å². The summed E-state index contributed by atoms with van der Waals surface area (Å²) in [5.41, 5.74) is -1.94. The lowest BCUT2D eigenvalue weighted by atomic mass is 9.55. The average Bonchev–Trinajstić information content (AvgIpc) is 3.25. The molecule has 0 bridgehead atoms. The Kier molecular flexibility index (Phi) is 5.08. The van der Waals surface area contributed by atoms with Crippen LogP contribution in [0.4, 0.5) is 0 Å². The Morgan fingerprint density at radius 1 is 1.19 bits per heavy atom. The van der Waals surface area contributed by atoms with Crippen LogP contribution in [0.15, 0.2) is 36.0 Å². The normalized spacial score (nSPS) is 41.6. The monoisotopic (exact) mass is 446 g/mol. The van der Waals surface area contributed by atoms with Crippen LogP contribution in [0.3, 0.4) is 0 Å². The number of fused-ring (bicyclic) bond motifs is 3. The molecule has 2 aliphatic heterocycles. The number of allylic oxidation sites excluding steroid dienone is 2. The SMILES string of the molecule is C=C1C(=O)O[C@H]2[C@H]1[C@H](OC(=O)[C@@]1(C)O[C@H]1C)[C@@H](OC(C)=O)[C@@]1(C(=O)OC)C=CC=C(C)[C@H]21. The van der Waals surface area contributed by atoms with Gasteiger partial charge in [0.25, 0.3) is 0 Å². The molecular weight excluding hydrogens is 420 g/mol. The molecule has 0 radical (unpaired) electrons. The second kappa shape index (κ2) is 7.30. The molecule has 0 amide bonds. The van der Waals surface area contributed by atoms with Gasteiger partial charge in [0.05, 0.1) is 19.1 Å². The van der Waals surface area contributed by atoms with Crippen molar-refractivity contribution in [2.75, 3.05) is 7.11 Å². The summed E-state index contributed by atoms with van der Waals surface area (Å²) in [5, 5.41) is 0. The summed E-state index contributed by atoms with van der Waals surface area (Å²) in [6.45, 7) is 10.1. The summed E-state index contributed by atoms with van der Waals surface area (Å²) in [4.78, 5) is 51.0. The summed E-state index contributed by atoms with van der Waals surface area (Å²) in [6, 6.07) is 0. The molecule has 4 aliphatic rings. The van der Waals surface area contributed by atoms with E-state index >= 15 is 0 Å². The number of methoxy groups -OCH3 is 1. The molecule has 2 heterocycles. The summed E-state index contributed by atoms with van der Waals surface area (Å²) in [6.07, 6.45) is 1.25. The van der Waals surface area contributed by atoms with Gasteiger partial charge in [0, 0.05) is 18.4 Å². The lowest BCUT2D eigenvalue weighted by molar-refractivity contribution is -0.215. The molecule has 0 unspecified atom stereocenters. The van der Waals surface area contributed by atoms with E-state index in [0.717, 1.165) is 5.57 Å². The number of hydrogen-bond donors (Lipinski definition) is 0. The van der Waals surface area contributed by atoms with Crippen LogP contribution in [-0.4, -0.2) is 61.0 Å². The van der Waals surface area contributed by atoms with Crippen molar-refractivity contribution in [2.24, 2.45) is 17.3 Å². The van der Waals surface area contributed by atoms with E-state index in [0.29, 0.717) is 0 Å². The minimum absolute atomic E-state index is 0.0840. The Balaban J connectivity index is 1.89. The van der Waals surface area contributed by atoms with Gasteiger partial charge in [-0.2, -0.15) is 0 Å². The van der Waals surface area contributed by atoms with Gasteiger partial charge >= 0.3 is 23.9 Å². The Bertz CT molecular complexity index is 978. The van der Waals surface area contributed by atoms with E-state index in [2.05, 4.69) is 6.58 Å². The van der Waals surface area contributed by atoms with Gasteiger partial charge in [0.2, 0.25) is 0 Å². The van der Waals surface area contributed by atoms with Crippen molar-refractivity contribution in [3.63, 3.8) is 0 Å². The molecule has 2 saturated heterocycles. The van der Waals surface area contributed by atoms with E-state index in [1.165, 1.54) is 14.0 Å². The highest BCUT2D eigenvalue weighted by Gasteiger charge is 2.71. The zero-order valence-corrected chi connectivity index (χ0v) is 18.6. The molecule has 9 nitrogen and oxygen atoms in total. The van der Waals surface area contributed by atoms with E-state index in [1.54, 1.807) is 39.0 Å². The third-order valence-corrected chi connectivity index (χ3v) is 7.07. The van der Waals surface area contributed by atoms with Gasteiger partial charge in [0.15, 0.2) is 17.8 Å². The van der Waals surface area contributed by atoms with Crippen molar-refractivity contribution in [1.29, 1.82) is 0 Å². The van der Waals surface area contributed by atoms with Crippen molar-refractivity contribution in [3.05, 3.63) is 36.0 Å². The lowest BCUT2D eigenvalue weighted by Gasteiger charge is -2.52. The fourth-order valence-electron chi connectivity index (χ4n) is 5.23. The van der Waals surface area contributed by atoms with Crippen molar-refractivity contribution in [2.45, 2.75) is 57.7 Å². The van der Waals surface area contributed by atoms with Crippen LogP contribution < -0.4 is 0 Å². The van der Waals surface area contributed by atoms with E-state index in [1.807, 2.05) is 0 Å². The van der Waals surface area contributed by atoms with Gasteiger partial charge in [-0.25, -0.2) is 9.59 Å². The Labute approximate surface area is 185 Å². The van der Waals surface area contributed by atoms with Crippen LogP contribution in [0.1, 0.15) is 27.7 Å². The highest BCUT2D eigenvalue weighted by molar-refractivity contribution is 5.93. The first kappa shape index (κ1) is 22.3. The average molecular weight is 446 g/mol. The lowest BCUT2D eigenvalue weighted by Crippen LogP contribution is -2.66. The van der Waals surface area contributed by atoms with Gasteiger partial charge in [-0.05, 0) is 20.8 Å². The van der Waals surface area contributed by atoms with E-state index < -0.39 is 65.0 Å². The van der Waals surface area contributed by atoms with E-state index in [4.69, 9.17) is 23.7 Å². The van der Waals surface area contributed by atoms with Crippen molar-refractivity contribution in [1.82, 2.24) is 0 Å². The van der Waals surface area contributed by atoms with E-state index in [9.17, 15) is 19.2 Å². The van der Waals surface area contributed by atoms with Crippen molar-refractivity contribution >= 4 is 23.9 Å². The maximum Gasteiger partial charge on any atom is 0.341 e. The Morgan fingerprint density at radius 2 is 1.84 bits per heavy atom. The number of esters is 4. The van der Waals surface area contributed by atoms with Crippen molar-refractivity contribution < 1.29 is 42.9 Å². The third kappa shape index (κ3) is 2.94. The maximum absolute atomic E-state index is 13.3. The quantitative estimate of drug-likeness (QED) is 0.273. The molecule has 172 valence electrons. The first-order valence-electron chi connectivity index (χ1n) is 10.4. The van der Waals surface area contributed by atoms with Crippen LogP contribution in [0.5, 0.6) is 0 Å². The van der Waals surface area contributed by atoms with Gasteiger partial charge in [-0.3, -0.25) is 9.59 Å². The van der Waals surface area contributed by atoms with Crippen LogP contribution in [0, 0.1) is 17.3 Å². The van der Waals surface area contributed by atoms with Gasteiger partial charge < -0.3 is 23.7 Å². The first-order chi connectivity index (χ1) is 15.0. The number of rotatable bonds is 4. The van der Waals surface area contributed by atoms with Gasteiger partial charge in [-0.15, -0.1) is 0 Å². The molecule has 9 heteroatoms. The summed E-state index contributed by atoms with van der Waals surface area (Å²) in [7, 11) is 1.22. The van der Waals surface area contributed by atoms with Crippen molar-refractivity contribution in [3.8, 4) is 0 Å². The number of carbonyl (C=O) groups excluding carboxylic acids is 4. The van der Waals surface area contributed by atoms with Crippen LogP contribution in [-0.2, 0) is 42.9 Å². The second-order valence-corrected chi connectivity index (χ2v) is 8.86. The number of carbonyl (C=O) groups is 4. The van der Waals surface area contributed by atoms with Gasteiger partial charge in [-0.1, -0.05) is 30.4 Å². The molecule has 0 aromatic heterocycles. The van der Waals surface area contributed by atoms with Crippen LogP contribution in [0.25, 0.3) is 0 Å². The molecule has 0 aromatic rings. The first-order valence-corrected chi connectivity index (χ1v) is 10.4. The highest BCUT2D eigenvalue weighted by atomic mass is 16.7. The van der Waals surface area contributed by atoms with Gasteiger partial charge in [0.1, 0.15) is 11.5 Å². The number of epoxide rings is 1. The molecule has 8 atom stereocenters. The minimum atomic E-state index is -1.58. The molecule has 0 N–H and O–H groups in total. The Morgan fingerprint density at radius 3 is 2.41 bits per heavy atom. The predicted molar refractivity (Wildman–Crippen MR) is 108 cm³/mol. The Hall–Kier alpha value is -2.94. The molecule has 4 rings (SSSR count). The molecule has 32 heavy (non-hydrogen) atoms.